The molecule has 2 rings (SSSR count). The Morgan fingerprint density at radius 2 is 1.86 bits per heavy atom. The van der Waals surface area contributed by atoms with Crippen molar-refractivity contribution in [3.63, 3.8) is 0 Å². The molecule has 1 unspecified atom stereocenters. The van der Waals surface area contributed by atoms with Crippen LogP contribution in [0.3, 0.4) is 0 Å². The summed E-state index contributed by atoms with van der Waals surface area (Å²) in [5.74, 6) is -1.61. The highest BCUT2D eigenvalue weighted by molar-refractivity contribution is 6.02. The lowest BCUT2D eigenvalue weighted by Crippen LogP contribution is -2.15. The third kappa shape index (κ3) is 3.66. The molecule has 1 amide bonds. The van der Waals surface area contributed by atoms with Gasteiger partial charge in [-0.25, -0.2) is 4.39 Å². The normalized spacial score (nSPS) is 11.6. The van der Waals surface area contributed by atoms with Crippen LogP contribution in [-0.4, -0.2) is 24.0 Å². The van der Waals surface area contributed by atoms with Gasteiger partial charge in [-0.1, -0.05) is 6.07 Å². The number of anilines is 1. The Balaban J connectivity index is 2.08. The van der Waals surface area contributed by atoms with Gasteiger partial charge in [0.25, 0.3) is 5.91 Å². The predicted octanol–water partition coefficient (Wildman–Crippen LogP) is 2.75. The Morgan fingerprint density at radius 3 is 2.41 bits per heavy atom. The molecule has 0 bridgehead atoms. The van der Waals surface area contributed by atoms with Gasteiger partial charge in [0, 0.05) is 11.9 Å². The van der Waals surface area contributed by atoms with Gasteiger partial charge in [0.1, 0.15) is 11.5 Å². The van der Waals surface area contributed by atoms with Crippen LogP contribution in [0.5, 0.6) is 0 Å². The summed E-state index contributed by atoms with van der Waals surface area (Å²) in [5.41, 5.74) is 1.33. The first-order valence-corrected chi connectivity index (χ1v) is 6.62. The van der Waals surface area contributed by atoms with Crippen molar-refractivity contribution in [2.75, 3.05) is 12.4 Å². The van der Waals surface area contributed by atoms with Crippen molar-refractivity contribution < 1.29 is 18.7 Å². The molecule has 0 saturated heterocycles. The minimum absolute atomic E-state index is 0.199. The Bertz CT molecular complexity index is 669. The van der Waals surface area contributed by atoms with Crippen LogP contribution in [0.25, 0.3) is 0 Å². The maximum absolute atomic E-state index is 12.8. The molecule has 5 nitrogen and oxygen atoms in total. The van der Waals surface area contributed by atoms with Crippen molar-refractivity contribution in [2.45, 2.75) is 12.8 Å². The Labute approximate surface area is 127 Å². The number of amides is 1. The van der Waals surface area contributed by atoms with Crippen molar-refractivity contribution >= 4 is 17.6 Å². The number of hydrogen-bond acceptors (Lipinski definition) is 4. The predicted molar refractivity (Wildman–Crippen MR) is 79.0 cm³/mol. The molecule has 22 heavy (non-hydrogen) atoms. The fraction of sp³-hybridized carbons (Fsp3) is 0.188. The maximum Gasteiger partial charge on any atom is 0.312 e. The molecule has 6 heteroatoms. The van der Waals surface area contributed by atoms with Crippen molar-refractivity contribution in [3.05, 3.63) is 59.7 Å². The molecule has 0 aliphatic carbocycles. The summed E-state index contributed by atoms with van der Waals surface area (Å²) in [7, 11) is 1.32. The number of benzene rings is 1. The van der Waals surface area contributed by atoms with Gasteiger partial charge in [-0.15, -0.1) is 0 Å². The number of nitrogens with zero attached hydrogens (tertiary/aromatic N) is 1. The Kier molecular flexibility index (Phi) is 4.83. The summed E-state index contributed by atoms with van der Waals surface area (Å²) >= 11 is 0. The van der Waals surface area contributed by atoms with E-state index in [-0.39, 0.29) is 17.5 Å². The lowest BCUT2D eigenvalue weighted by atomic mass is 10.0. The molecule has 0 aliphatic heterocycles. The largest absolute Gasteiger partial charge is 0.469 e. The highest BCUT2D eigenvalue weighted by Crippen LogP contribution is 2.16. The molecular formula is C16H15FN2O3. The summed E-state index contributed by atoms with van der Waals surface area (Å²) in [5, 5.41) is 2.61. The second kappa shape index (κ2) is 6.80. The first-order chi connectivity index (χ1) is 10.5. The fourth-order valence-corrected chi connectivity index (χ4v) is 1.84. The molecule has 0 radical (unpaired) electrons. The van der Waals surface area contributed by atoms with Gasteiger partial charge in [-0.2, -0.15) is 0 Å². The highest BCUT2D eigenvalue weighted by Gasteiger charge is 2.16. The Hall–Kier alpha value is -2.76. The van der Waals surface area contributed by atoms with E-state index in [9.17, 15) is 14.0 Å². The van der Waals surface area contributed by atoms with Crippen LogP contribution >= 0.6 is 0 Å². The van der Waals surface area contributed by atoms with E-state index in [2.05, 4.69) is 15.0 Å². The fourth-order valence-electron chi connectivity index (χ4n) is 1.84. The first-order valence-electron chi connectivity index (χ1n) is 6.62. The molecule has 1 aromatic carbocycles. The highest BCUT2D eigenvalue weighted by atomic mass is 19.1. The van der Waals surface area contributed by atoms with Crippen molar-refractivity contribution in [3.8, 4) is 0 Å². The number of hydrogen-bond donors (Lipinski definition) is 1. The van der Waals surface area contributed by atoms with Crippen LogP contribution in [0.2, 0.25) is 0 Å². The summed E-state index contributed by atoms with van der Waals surface area (Å²) in [6.45, 7) is 1.70. The van der Waals surface area contributed by atoms with Crippen LogP contribution in [0, 0.1) is 5.82 Å². The third-order valence-corrected chi connectivity index (χ3v) is 3.18. The van der Waals surface area contributed by atoms with Gasteiger partial charge in [0.2, 0.25) is 0 Å². The Morgan fingerprint density at radius 1 is 1.18 bits per heavy atom. The number of pyridine rings is 1. The molecule has 2 aromatic rings. The van der Waals surface area contributed by atoms with Crippen LogP contribution in [0.15, 0.2) is 42.6 Å². The van der Waals surface area contributed by atoms with E-state index in [1.165, 1.54) is 43.6 Å². The summed E-state index contributed by atoms with van der Waals surface area (Å²) in [6.07, 6.45) is 1.46. The zero-order valence-corrected chi connectivity index (χ0v) is 12.2. The van der Waals surface area contributed by atoms with Gasteiger partial charge in [-0.3, -0.25) is 14.6 Å². The number of aromatic nitrogens is 1. The van der Waals surface area contributed by atoms with E-state index >= 15 is 0 Å². The summed E-state index contributed by atoms with van der Waals surface area (Å²) in [4.78, 5) is 27.5. The summed E-state index contributed by atoms with van der Waals surface area (Å²) < 4.78 is 17.5. The molecule has 1 N–H and O–H groups in total. The van der Waals surface area contributed by atoms with Gasteiger partial charge >= 0.3 is 5.97 Å². The molecule has 0 aliphatic rings. The molecule has 0 spiro atoms. The number of nitrogens with one attached hydrogen (secondary N) is 1. The molecule has 0 saturated carbocycles. The molecule has 0 fully saturated rings. The van der Waals surface area contributed by atoms with Gasteiger partial charge in [0.15, 0.2) is 0 Å². The van der Waals surface area contributed by atoms with Crippen molar-refractivity contribution in [1.82, 2.24) is 4.98 Å². The topological polar surface area (TPSA) is 68.3 Å². The third-order valence-electron chi connectivity index (χ3n) is 3.18. The summed E-state index contributed by atoms with van der Waals surface area (Å²) in [6, 6.07) is 8.60. The molecule has 1 atom stereocenters. The van der Waals surface area contributed by atoms with E-state index in [0.29, 0.717) is 11.3 Å². The van der Waals surface area contributed by atoms with E-state index in [1.54, 1.807) is 13.0 Å². The lowest BCUT2D eigenvalue weighted by Gasteiger charge is -2.09. The number of methoxy groups -OCH3 is 1. The van der Waals surface area contributed by atoms with Crippen molar-refractivity contribution in [2.24, 2.45) is 0 Å². The maximum atomic E-state index is 12.8. The monoisotopic (exact) mass is 302 g/mol. The quantitative estimate of drug-likeness (QED) is 0.882. The van der Waals surface area contributed by atoms with Gasteiger partial charge < -0.3 is 10.1 Å². The van der Waals surface area contributed by atoms with Crippen LogP contribution in [0.1, 0.15) is 28.9 Å². The van der Waals surface area contributed by atoms with Crippen LogP contribution in [0.4, 0.5) is 10.1 Å². The number of ether oxygens (including phenoxy) is 1. The first kappa shape index (κ1) is 15.6. The number of halogens is 1. The van der Waals surface area contributed by atoms with Gasteiger partial charge in [0.05, 0.1) is 13.0 Å². The molecule has 1 aromatic heterocycles. The molecular weight excluding hydrogens is 287 g/mol. The number of carbonyl (C=O) groups excluding carboxylic acids is 2. The van der Waals surface area contributed by atoms with E-state index < -0.39 is 11.8 Å². The van der Waals surface area contributed by atoms with E-state index in [4.69, 9.17) is 0 Å². The average molecular weight is 302 g/mol. The van der Waals surface area contributed by atoms with Crippen LogP contribution < -0.4 is 5.32 Å². The number of esters is 1. The zero-order valence-electron chi connectivity index (χ0n) is 12.2. The van der Waals surface area contributed by atoms with Crippen molar-refractivity contribution in [1.29, 1.82) is 0 Å². The van der Waals surface area contributed by atoms with Gasteiger partial charge in [-0.05, 0) is 42.8 Å². The molecule has 114 valence electrons. The SMILES string of the molecule is COC(=O)C(C)c1ccc(C(=O)Nc2ccc(F)cc2)nc1. The van der Waals surface area contributed by atoms with E-state index in [0.717, 1.165) is 0 Å². The minimum atomic E-state index is -0.452. The number of carbonyl (C=O) groups is 2. The smallest absolute Gasteiger partial charge is 0.312 e. The second-order valence-corrected chi connectivity index (χ2v) is 4.68. The zero-order chi connectivity index (χ0) is 16.1. The minimum Gasteiger partial charge on any atom is -0.469 e. The standard InChI is InChI=1S/C16H15FN2O3/c1-10(16(21)22-2)11-3-8-14(18-9-11)15(20)19-13-6-4-12(17)5-7-13/h3-10H,1-2H3,(H,19,20). The van der Waals surface area contributed by atoms with E-state index in [1.807, 2.05) is 0 Å². The average Bonchev–Trinajstić information content (AvgIpc) is 2.55. The molecule has 1 heterocycles. The number of rotatable bonds is 4. The second-order valence-electron chi connectivity index (χ2n) is 4.68. The van der Waals surface area contributed by atoms with Crippen LogP contribution in [-0.2, 0) is 9.53 Å². The lowest BCUT2D eigenvalue weighted by molar-refractivity contribution is -0.142.